The van der Waals surface area contributed by atoms with E-state index >= 15 is 0 Å². The number of carboxylic acids is 2. The molecule has 3 aromatic rings. The summed E-state index contributed by atoms with van der Waals surface area (Å²) in [6.07, 6.45) is 14.3. The summed E-state index contributed by atoms with van der Waals surface area (Å²) in [4.78, 5) is 37.2. The number of ether oxygens (including phenoxy) is 1. The summed E-state index contributed by atoms with van der Waals surface area (Å²) in [5.74, 6) is -3.11. The van der Waals surface area contributed by atoms with Crippen molar-refractivity contribution in [2.45, 2.75) is 19.3 Å². The summed E-state index contributed by atoms with van der Waals surface area (Å²) in [6, 6.07) is 4.78. The molecule has 17 heteroatoms. The Morgan fingerprint density at radius 3 is 2.15 bits per heavy atom. The first kappa shape index (κ1) is 41.7. The number of aromatic nitrogens is 2. The van der Waals surface area contributed by atoms with Crippen LogP contribution in [0.4, 0.5) is 14.5 Å². The van der Waals surface area contributed by atoms with Gasteiger partial charge in [-0.2, -0.15) is 0 Å². The minimum atomic E-state index is -1.28. The summed E-state index contributed by atoms with van der Waals surface area (Å²) in [5.41, 5.74) is 16.4. The van der Waals surface area contributed by atoms with Gasteiger partial charge in [0.1, 0.15) is 35.9 Å². The topological polar surface area (TPSA) is 256 Å². The van der Waals surface area contributed by atoms with E-state index in [2.05, 4.69) is 16.0 Å². The summed E-state index contributed by atoms with van der Waals surface area (Å²) in [7, 11) is 1.54. The van der Waals surface area contributed by atoms with Gasteiger partial charge in [-0.3, -0.25) is 14.8 Å². The van der Waals surface area contributed by atoms with Crippen LogP contribution in [0.25, 0.3) is 11.9 Å². The smallest absolute Gasteiger partial charge is 0.337 e. The molecule has 1 aliphatic heterocycles. The predicted octanol–water partition coefficient (Wildman–Crippen LogP) is 3.56. The third-order valence-electron chi connectivity index (χ3n) is 7.31. The fourth-order valence-electron chi connectivity index (χ4n) is 4.69. The van der Waals surface area contributed by atoms with E-state index in [-0.39, 0.29) is 52.9 Å². The van der Waals surface area contributed by atoms with Crippen LogP contribution in [-0.2, 0) is 22.4 Å². The number of aromatic carboxylic acids is 2. The summed E-state index contributed by atoms with van der Waals surface area (Å²) in [5, 5.41) is 37.6. The molecule has 11 N–H and O–H groups in total. The van der Waals surface area contributed by atoms with Gasteiger partial charge in [0.05, 0.1) is 30.0 Å². The van der Waals surface area contributed by atoms with E-state index in [0.29, 0.717) is 36.9 Å². The second-order valence-corrected chi connectivity index (χ2v) is 10.7. The van der Waals surface area contributed by atoms with Crippen molar-refractivity contribution in [3.63, 3.8) is 0 Å². The van der Waals surface area contributed by atoms with Crippen LogP contribution in [0.1, 0.15) is 43.8 Å². The lowest BCUT2D eigenvalue weighted by atomic mass is 9.97. The number of carbonyl (C=O) groups is 3. The van der Waals surface area contributed by atoms with Crippen LogP contribution in [0.15, 0.2) is 79.2 Å². The quantitative estimate of drug-likeness (QED) is 0.0439. The standard InChI is InChI=1S/C25H24F2N4O4.C9H15N3O2.CH3NO/c1-29-22-11-17(21(27)13-19(22)25(34)35)6-2-5-16-10-15(18(24(32)33)12-20(16)26)4-3-7-23(28)31-9-8-30-14-31;10-8(7-13)1-2-9(11)12-3-5-14-6-4-12;2-1-3/h3-4,7-14,29H,2,5-6,28H2,1H3,(H,32,33)(H,34,35);1-2,7,11,13H,3-6,10H2;1H,(H2,2,3)/b4-3+,23-7+;2-1-,8-7-,11-9?;. The van der Waals surface area contributed by atoms with Gasteiger partial charge in [-0.05, 0) is 78.4 Å². The highest BCUT2D eigenvalue weighted by Crippen LogP contribution is 2.24. The van der Waals surface area contributed by atoms with Crippen LogP contribution < -0.4 is 22.5 Å². The molecule has 0 radical (unpaired) electrons. The Kier molecular flexibility index (Phi) is 17.3. The van der Waals surface area contributed by atoms with Crippen molar-refractivity contribution in [2.24, 2.45) is 17.2 Å². The molecule has 52 heavy (non-hydrogen) atoms. The van der Waals surface area contributed by atoms with Crippen LogP contribution in [0.2, 0.25) is 0 Å². The minimum absolute atomic E-state index is 0.178. The molecule has 1 aromatic heterocycles. The number of aryl methyl sites for hydroxylation is 2. The number of morpholine rings is 1. The Morgan fingerprint density at radius 1 is 1.02 bits per heavy atom. The summed E-state index contributed by atoms with van der Waals surface area (Å²) < 4.78 is 35.7. The van der Waals surface area contributed by atoms with Gasteiger partial charge in [0.15, 0.2) is 0 Å². The molecule has 1 aliphatic rings. The maximum absolute atomic E-state index is 14.6. The van der Waals surface area contributed by atoms with Gasteiger partial charge in [0, 0.05) is 38.2 Å². The lowest BCUT2D eigenvalue weighted by Gasteiger charge is -2.27. The SMILES string of the molecule is CNc1cc(CCCc2cc(/C=C/C=C(\N)n3ccnc3)c(C(=O)O)cc2F)c(F)cc1C(=O)O.N=C(/C=C\C(N)=C\O)N1CCOCC1.NC=O. The van der Waals surface area contributed by atoms with Gasteiger partial charge in [-0.1, -0.05) is 12.2 Å². The number of primary amides is 1. The molecule has 2 heterocycles. The number of nitrogens with one attached hydrogen (secondary N) is 2. The first-order valence-electron chi connectivity index (χ1n) is 15.6. The molecule has 0 aliphatic carbocycles. The lowest BCUT2D eigenvalue weighted by Crippen LogP contribution is -2.39. The number of rotatable bonds is 12. The monoisotopic (exact) mass is 724 g/mol. The molecule has 0 bridgehead atoms. The fraction of sp³-hybridized carbons (Fsp3) is 0.229. The Balaban J connectivity index is 0.000000457. The number of imidazole rings is 1. The Hall–Kier alpha value is -6.49. The molecule has 1 amide bonds. The molecule has 15 nitrogen and oxygen atoms in total. The van der Waals surface area contributed by atoms with E-state index in [9.17, 15) is 28.6 Å². The van der Waals surface area contributed by atoms with Crippen molar-refractivity contribution in [1.29, 1.82) is 5.41 Å². The summed E-state index contributed by atoms with van der Waals surface area (Å²) in [6.45, 7) is 2.76. The molecular formula is C35H42F2N8O7. The number of anilines is 1. The van der Waals surface area contributed by atoms with Crippen LogP contribution in [0, 0.1) is 17.0 Å². The van der Waals surface area contributed by atoms with Gasteiger partial charge in [-0.15, -0.1) is 0 Å². The highest BCUT2D eigenvalue weighted by atomic mass is 19.1. The van der Waals surface area contributed by atoms with E-state index < -0.39 is 23.6 Å². The van der Waals surface area contributed by atoms with Crippen molar-refractivity contribution in [2.75, 3.05) is 38.7 Å². The van der Waals surface area contributed by atoms with E-state index in [0.717, 1.165) is 31.5 Å². The van der Waals surface area contributed by atoms with Crippen molar-refractivity contribution < 1.29 is 43.2 Å². The Morgan fingerprint density at radius 2 is 1.62 bits per heavy atom. The summed E-state index contributed by atoms with van der Waals surface area (Å²) >= 11 is 0. The number of carbonyl (C=O) groups excluding carboxylic acids is 1. The van der Waals surface area contributed by atoms with Gasteiger partial charge in [0.2, 0.25) is 6.41 Å². The second kappa shape index (κ2) is 21.6. The Labute approximate surface area is 298 Å². The average molecular weight is 725 g/mol. The maximum Gasteiger partial charge on any atom is 0.337 e. The number of allylic oxidation sites excluding steroid dienone is 3. The predicted molar refractivity (Wildman–Crippen MR) is 192 cm³/mol. The number of aliphatic hydroxyl groups is 1. The minimum Gasteiger partial charge on any atom is -0.513 e. The van der Waals surface area contributed by atoms with Gasteiger partial charge in [0.25, 0.3) is 0 Å². The molecule has 2 aromatic carbocycles. The first-order valence-corrected chi connectivity index (χ1v) is 15.6. The van der Waals surface area contributed by atoms with E-state index in [4.69, 9.17) is 31.5 Å². The molecule has 0 atom stereocenters. The van der Waals surface area contributed by atoms with Crippen molar-refractivity contribution in [3.05, 3.63) is 119 Å². The lowest BCUT2D eigenvalue weighted by molar-refractivity contribution is -0.106. The number of amides is 1. The molecule has 278 valence electrons. The number of nitrogens with zero attached hydrogens (tertiary/aromatic N) is 3. The van der Waals surface area contributed by atoms with Crippen LogP contribution in [0.3, 0.4) is 0 Å². The third kappa shape index (κ3) is 13.1. The van der Waals surface area contributed by atoms with E-state index in [1.54, 1.807) is 35.2 Å². The number of amidine groups is 1. The molecule has 0 spiro atoms. The highest BCUT2D eigenvalue weighted by molar-refractivity contribution is 5.94. The normalized spacial score (nSPS) is 13.2. The zero-order chi connectivity index (χ0) is 38.6. The number of hydrogen-bond acceptors (Lipinski definition) is 10. The van der Waals surface area contributed by atoms with Crippen LogP contribution in [0.5, 0.6) is 0 Å². The number of nitrogens with two attached hydrogens (primary N) is 3. The second-order valence-electron chi connectivity index (χ2n) is 10.7. The first-order chi connectivity index (χ1) is 24.9. The Bertz CT molecular complexity index is 1800. The number of benzene rings is 2. The van der Waals surface area contributed by atoms with Gasteiger partial charge >= 0.3 is 11.9 Å². The number of carboxylic acid groups (broad SMARTS) is 2. The van der Waals surface area contributed by atoms with Crippen LogP contribution in [-0.4, -0.2) is 87.3 Å². The van der Waals surface area contributed by atoms with Gasteiger partial charge < -0.3 is 47.5 Å². The van der Waals surface area contributed by atoms with Crippen molar-refractivity contribution >= 4 is 41.8 Å². The third-order valence-corrected chi connectivity index (χ3v) is 7.31. The van der Waals surface area contributed by atoms with Crippen molar-refractivity contribution in [3.8, 4) is 0 Å². The molecular weight excluding hydrogens is 682 g/mol. The van der Waals surface area contributed by atoms with E-state index in [1.165, 1.54) is 37.7 Å². The van der Waals surface area contributed by atoms with E-state index in [1.807, 2.05) is 4.90 Å². The average Bonchev–Trinajstić information content (AvgIpc) is 3.68. The van der Waals surface area contributed by atoms with Crippen LogP contribution >= 0.6 is 0 Å². The zero-order valence-corrected chi connectivity index (χ0v) is 28.3. The maximum atomic E-state index is 14.6. The molecule has 1 fully saturated rings. The molecule has 1 saturated heterocycles. The van der Waals surface area contributed by atoms with Crippen molar-refractivity contribution in [1.82, 2.24) is 14.5 Å². The van der Waals surface area contributed by atoms with Gasteiger partial charge in [-0.25, -0.2) is 23.4 Å². The molecule has 0 unspecified atom stereocenters. The highest BCUT2D eigenvalue weighted by Gasteiger charge is 2.16. The fourth-order valence-corrected chi connectivity index (χ4v) is 4.69. The number of aliphatic hydroxyl groups excluding tert-OH is 1. The largest absolute Gasteiger partial charge is 0.513 e. The molecule has 4 rings (SSSR count). The number of halogens is 2. The molecule has 0 saturated carbocycles. The number of hydrogen-bond donors (Lipinski definition) is 8. The zero-order valence-electron chi connectivity index (χ0n) is 28.3.